The number of nitrogens with zero attached hydrogens (tertiary/aromatic N) is 3. The van der Waals surface area contributed by atoms with Crippen molar-refractivity contribution in [2.45, 2.75) is 43.6 Å². The monoisotopic (exact) mass is 494 g/mol. The number of aromatic nitrogens is 2. The predicted molar refractivity (Wildman–Crippen MR) is 121 cm³/mol. The van der Waals surface area contributed by atoms with Crippen molar-refractivity contribution in [2.24, 2.45) is 0 Å². The summed E-state index contributed by atoms with van der Waals surface area (Å²) in [7, 11) is -3.09. The molecule has 34 heavy (non-hydrogen) atoms. The molecule has 5 rings (SSSR count). The van der Waals surface area contributed by atoms with Gasteiger partial charge < -0.3 is 14.5 Å². The van der Waals surface area contributed by atoms with Crippen molar-refractivity contribution in [1.82, 2.24) is 20.0 Å². The van der Waals surface area contributed by atoms with E-state index in [0.29, 0.717) is 19.0 Å². The number of benzene rings is 1. The Kier molecular flexibility index (Phi) is 6.22. The van der Waals surface area contributed by atoms with Crippen LogP contribution >= 0.6 is 0 Å². The lowest BCUT2D eigenvalue weighted by Gasteiger charge is -2.40. The van der Waals surface area contributed by atoms with Crippen molar-refractivity contribution in [3.8, 4) is 5.75 Å². The fraction of sp³-hybridized carbons (Fsp3) is 0.565. The molecular formula is C23H28F2N4O4S. The van der Waals surface area contributed by atoms with Crippen LogP contribution in [0.5, 0.6) is 5.75 Å². The van der Waals surface area contributed by atoms with E-state index < -0.39 is 16.4 Å². The van der Waals surface area contributed by atoms with Crippen LogP contribution in [0.25, 0.3) is 0 Å². The number of amides is 2. The molecule has 184 valence electrons. The third-order valence-corrected chi connectivity index (χ3v) is 8.57. The van der Waals surface area contributed by atoms with Gasteiger partial charge in [0, 0.05) is 49.6 Å². The number of urea groups is 1. The minimum Gasteiger partial charge on any atom is -0.435 e. The maximum Gasteiger partial charge on any atom is 0.387 e. The van der Waals surface area contributed by atoms with Crippen LogP contribution in [0.2, 0.25) is 0 Å². The molecule has 3 fully saturated rings. The molecule has 2 aromatic rings. The first-order chi connectivity index (χ1) is 16.3. The third kappa shape index (κ3) is 5.18. The summed E-state index contributed by atoms with van der Waals surface area (Å²) in [6, 6.07) is 8.50. The number of halogens is 2. The molecule has 1 N–H and O–H groups in total. The number of nitrogens with one attached hydrogen (secondary N) is 1. The van der Waals surface area contributed by atoms with Gasteiger partial charge in [-0.25, -0.2) is 13.2 Å². The lowest BCUT2D eigenvalue weighted by atomic mass is 9.83. The predicted octanol–water partition coefficient (Wildman–Crippen LogP) is 3.31. The van der Waals surface area contributed by atoms with E-state index in [2.05, 4.69) is 21.0 Å². The van der Waals surface area contributed by atoms with Crippen LogP contribution in [0.4, 0.5) is 13.6 Å². The Labute approximate surface area is 197 Å². The Hall–Kier alpha value is -2.69. The number of sulfone groups is 1. The van der Waals surface area contributed by atoms with Gasteiger partial charge in [0.05, 0.1) is 17.2 Å². The summed E-state index contributed by atoms with van der Waals surface area (Å²) in [5, 5.41) is 7.69. The molecule has 11 heteroatoms. The average Bonchev–Trinajstić information content (AvgIpc) is 3.55. The first kappa shape index (κ1) is 23.1. The minimum atomic E-state index is -3.09. The number of piperidine rings is 1. The minimum absolute atomic E-state index is 0.0111. The Morgan fingerprint density at radius 2 is 1.71 bits per heavy atom. The molecule has 0 radical (unpaired) electrons. The summed E-state index contributed by atoms with van der Waals surface area (Å²) in [6.07, 6.45) is 3.08. The van der Waals surface area contributed by atoms with Gasteiger partial charge in [-0.15, -0.1) is 0 Å². The summed E-state index contributed by atoms with van der Waals surface area (Å²) in [5.74, 6) is 0.588. The maximum atomic E-state index is 13.3. The third-order valence-electron chi connectivity index (χ3n) is 6.97. The molecule has 3 heterocycles. The second-order valence-electron chi connectivity index (χ2n) is 9.43. The highest BCUT2D eigenvalue weighted by molar-refractivity contribution is 7.91. The van der Waals surface area contributed by atoms with Gasteiger partial charge in [-0.1, -0.05) is 12.1 Å². The van der Waals surface area contributed by atoms with E-state index in [0.717, 1.165) is 36.2 Å². The summed E-state index contributed by atoms with van der Waals surface area (Å²) in [5.41, 5.74) is 2.98. The number of carbonyl (C=O) groups is 1. The van der Waals surface area contributed by atoms with Crippen molar-refractivity contribution < 1.29 is 26.7 Å². The first-order valence-corrected chi connectivity index (χ1v) is 13.4. The Bertz CT molecular complexity index is 1120. The number of hydrogen-bond acceptors (Lipinski definition) is 5. The molecule has 3 aliphatic rings. The smallest absolute Gasteiger partial charge is 0.387 e. The number of aromatic amines is 1. The number of ether oxygens (including phenoxy) is 1. The zero-order valence-electron chi connectivity index (χ0n) is 18.7. The topological polar surface area (TPSA) is 95.6 Å². The van der Waals surface area contributed by atoms with Crippen LogP contribution in [-0.2, 0) is 9.84 Å². The molecule has 1 aliphatic carbocycles. The highest BCUT2D eigenvalue weighted by atomic mass is 32.2. The van der Waals surface area contributed by atoms with Gasteiger partial charge in [0.25, 0.3) is 0 Å². The van der Waals surface area contributed by atoms with E-state index in [1.165, 1.54) is 12.1 Å². The molecule has 2 unspecified atom stereocenters. The van der Waals surface area contributed by atoms with Crippen LogP contribution in [-0.4, -0.2) is 78.7 Å². The van der Waals surface area contributed by atoms with E-state index in [9.17, 15) is 22.0 Å². The molecular weight excluding hydrogens is 466 g/mol. The normalized spacial score (nSPS) is 24.9. The number of rotatable bonds is 5. The Balaban J connectivity index is 1.36. The number of alkyl halides is 2. The van der Waals surface area contributed by atoms with Gasteiger partial charge in [0.2, 0.25) is 0 Å². The van der Waals surface area contributed by atoms with Crippen LogP contribution in [0.1, 0.15) is 54.0 Å². The largest absolute Gasteiger partial charge is 0.435 e. The fourth-order valence-corrected chi connectivity index (χ4v) is 6.10. The highest BCUT2D eigenvalue weighted by Gasteiger charge is 2.37. The highest BCUT2D eigenvalue weighted by Crippen LogP contribution is 2.41. The van der Waals surface area contributed by atoms with Gasteiger partial charge in [-0.05, 0) is 43.0 Å². The molecule has 2 saturated heterocycles. The van der Waals surface area contributed by atoms with E-state index in [-0.39, 0.29) is 48.2 Å². The van der Waals surface area contributed by atoms with E-state index >= 15 is 0 Å². The zero-order valence-corrected chi connectivity index (χ0v) is 19.5. The van der Waals surface area contributed by atoms with Crippen LogP contribution in [0.3, 0.4) is 0 Å². The molecule has 1 aromatic heterocycles. The van der Waals surface area contributed by atoms with Gasteiger partial charge >= 0.3 is 12.6 Å². The zero-order chi connectivity index (χ0) is 23.9. The number of likely N-dealkylation sites (tertiary alicyclic amines) is 1. The summed E-state index contributed by atoms with van der Waals surface area (Å²) < 4.78 is 53.1. The van der Waals surface area contributed by atoms with Crippen molar-refractivity contribution in [2.75, 3.05) is 37.7 Å². The molecule has 1 aromatic carbocycles. The Morgan fingerprint density at radius 3 is 2.35 bits per heavy atom. The second kappa shape index (κ2) is 9.16. The average molecular weight is 495 g/mol. The van der Waals surface area contributed by atoms with Crippen molar-refractivity contribution in [3.05, 3.63) is 47.3 Å². The van der Waals surface area contributed by atoms with Crippen LogP contribution in [0.15, 0.2) is 30.3 Å². The van der Waals surface area contributed by atoms with Crippen molar-refractivity contribution in [1.29, 1.82) is 0 Å². The summed E-state index contributed by atoms with van der Waals surface area (Å²) in [4.78, 5) is 16.7. The van der Waals surface area contributed by atoms with Gasteiger partial charge in [0.15, 0.2) is 9.84 Å². The lowest BCUT2D eigenvalue weighted by Crippen LogP contribution is -2.53. The van der Waals surface area contributed by atoms with Crippen LogP contribution in [0, 0.1) is 0 Å². The van der Waals surface area contributed by atoms with Crippen molar-refractivity contribution >= 4 is 15.9 Å². The van der Waals surface area contributed by atoms with Gasteiger partial charge in [-0.2, -0.15) is 13.9 Å². The molecule has 2 atom stereocenters. The van der Waals surface area contributed by atoms with E-state index in [4.69, 9.17) is 0 Å². The number of hydrogen-bond donors (Lipinski definition) is 1. The maximum absolute atomic E-state index is 13.3. The summed E-state index contributed by atoms with van der Waals surface area (Å²) in [6.45, 7) is -1.53. The first-order valence-electron chi connectivity index (χ1n) is 11.6. The fourth-order valence-electron chi connectivity index (χ4n) is 4.90. The van der Waals surface area contributed by atoms with Crippen LogP contribution < -0.4 is 4.74 Å². The SMILES string of the molecule is O=C(N1CCS(=O)(=O)CC1)N1CC(c2ccc(OC(F)F)cc2)CC(c2cc(C3CC3)[nH]n2)C1. The molecule has 8 nitrogen and oxygen atoms in total. The number of carbonyl (C=O) groups excluding carboxylic acids is 1. The Morgan fingerprint density at radius 1 is 1.03 bits per heavy atom. The molecule has 1 saturated carbocycles. The van der Waals surface area contributed by atoms with Gasteiger partial charge in [0.1, 0.15) is 5.75 Å². The van der Waals surface area contributed by atoms with E-state index in [1.54, 1.807) is 21.9 Å². The molecule has 2 aliphatic heterocycles. The van der Waals surface area contributed by atoms with Gasteiger partial charge in [-0.3, -0.25) is 5.10 Å². The number of H-pyrrole nitrogens is 1. The van der Waals surface area contributed by atoms with Crippen molar-refractivity contribution in [3.63, 3.8) is 0 Å². The molecule has 2 amide bonds. The standard InChI is InChI=1S/C23H28F2N4O4S/c24-22(25)33-19-5-3-15(4-6-19)17-11-18(21-12-20(26-27-21)16-1-2-16)14-29(13-17)23(30)28-7-9-34(31,32)10-8-28/h3-6,12,16-18,22H,1-2,7-11,13-14H2,(H,26,27). The quantitative estimate of drug-likeness (QED) is 0.688. The van der Waals surface area contributed by atoms with E-state index in [1.807, 2.05) is 0 Å². The lowest BCUT2D eigenvalue weighted by molar-refractivity contribution is -0.0498. The second-order valence-corrected chi connectivity index (χ2v) is 11.7. The molecule has 0 spiro atoms. The molecule has 0 bridgehead atoms. The summed E-state index contributed by atoms with van der Waals surface area (Å²) >= 11 is 0.